The Morgan fingerprint density at radius 3 is 2.62 bits per heavy atom. The van der Waals surface area contributed by atoms with E-state index in [9.17, 15) is 9.59 Å². The van der Waals surface area contributed by atoms with Crippen LogP contribution in [-0.4, -0.2) is 47.6 Å². The fourth-order valence-electron chi connectivity index (χ4n) is 3.66. The lowest BCUT2D eigenvalue weighted by atomic mass is 9.83. The SMILES string of the molecule is CCC1NC(=O)C(C)(CC)N(C2CCCC(OC)C2)C1=O. The summed E-state index contributed by atoms with van der Waals surface area (Å²) in [5.41, 5.74) is -0.733. The molecule has 1 heterocycles. The zero-order chi connectivity index (χ0) is 15.6. The van der Waals surface area contributed by atoms with E-state index >= 15 is 0 Å². The fraction of sp³-hybridized carbons (Fsp3) is 0.875. The highest BCUT2D eigenvalue weighted by Crippen LogP contribution is 2.34. The smallest absolute Gasteiger partial charge is 0.246 e. The highest BCUT2D eigenvalue weighted by Gasteiger charge is 2.50. The third kappa shape index (κ3) is 2.80. The lowest BCUT2D eigenvalue weighted by molar-refractivity contribution is -0.162. The van der Waals surface area contributed by atoms with Gasteiger partial charge in [-0.25, -0.2) is 0 Å². The molecule has 5 nitrogen and oxygen atoms in total. The molecule has 4 atom stereocenters. The number of hydrogen-bond acceptors (Lipinski definition) is 3. The molecule has 1 saturated heterocycles. The standard InChI is InChI=1S/C16H28N2O3/c1-5-13-14(19)18(16(3,6-2)15(20)17-13)11-8-7-9-12(10-11)21-4/h11-13H,5-10H2,1-4H3,(H,17,20). The molecule has 1 aliphatic carbocycles. The molecule has 2 rings (SSSR count). The molecule has 1 saturated carbocycles. The predicted molar refractivity (Wildman–Crippen MR) is 80.8 cm³/mol. The third-order valence-electron chi connectivity index (χ3n) is 5.26. The fourth-order valence-corrected chi connectivity index (χ4v) is 3.66. The van der Waals surface area contributed by atoms with Crippen LogP contribution >= 0.6 is 0 Å². The van der Waals surface area contributed by atoms with Gasteiger partial charge < -0.3 is 15.0 Å². The van der Waals surface area contributed by atoms with E-state index in [-0.39, 0.29) is 30.0 Å². The Morgan fingerprint density at radius 1 is 1.33 bits per heavy atom. The molecule has 2 amide bonds. The van der Waals surface area contributed by atoms with E-state index in [2.05, 4.69) is 5.32 Å². The van der Waals surface area contributed by atoms with Gasteiger partial charge in [-0.3, -0.25) is 9.59 Å². The molecule has 1 aliphatic heterocycles. The van der Waals surface area contributed by atoms with Gasteiger partial charge in [-0.1, -0.05) is 13.8 Å². The molecule has 0 radical (unpaired) electrons. The van der Waals surface area contributed by atoms with Crippen molar-refractivity contribution in [1.29, 1.82) is 0 Å². The van der Waals surface area contributed by atoms with Crippen LogP contribution in [0.1, 0.15) is 59.3 Å². The summed E-state index contributed by atoms with van der Waals surface area (Å²) < 4.78 is 5.49. The van der Waals surface area contributed by atoms with Crippen LogP contribution in [0, 0.1) is 0 Å². The number of ether oxygens (including phenoxy) is 1. The van der Waals surface area contributed by atoms with Gasteiger partial charge in [-0.2, -0.15) is 0 Å². The van der Waals surface area contributed by atoms with Crippen molar-refractivity contribution in [1.82, 2.24) is 10.2 Å². The van der Waals surface area contributed by atoms with Crippen LogP contribution < -0.4 is 5.32 Å². The van der Waals surface area contributed by atoms with E-state index in [4.69, 9.17) is 4.74 Å². The van der Waals surface area contributed by atoms with Crippen LogP contribution in [0.2, 0.25) is 0 Å². The molecule has 0 bridgehead atoms. The van der Waals surface area contributed by atoms with Gasteiger partial charge in [0, 0.05) is 13.2 Å². The summed E-state index contributed by atoms with van der Waals surface area (Å²) in [7, 11) is 1.73. The van der Waals surface area contributed by atoms with Crippen molar-refractivity contribution in [2.45, 2.75) is 83.0 Å². The summed E-state index contributed by atoms with van der Waals surface area (Å²) in [5.74, 6) is 0.0548. The maximum Gasteiger partial charge on any atom is 0.246 e. The quantitative estimate of drug-likeness (QED) is 0.861. The molecular weight excluding hydrogens is 268 g/mol. The lowest BCUT2D eigenvalue weighted by Crippen LogP contribution is -2.71. The number of rotatable bonds is 4. The largest absolute Gasteiger partial charge is 0.381 e. The van der Waals surface area contributed by atoms with Crippen molar-refractivity contribution in [3.63, 3.8) is 0 Å². The minimum atomic E-state index is -0.733. The van der Waals surface area contributed by atoms with Crippen LogP contribution in [0.15, 0.2) is 0 Å². The maximum absolute atomic E-state index is 12.8. The number of nitrogens with zero attached hydrogens (tertiary/aromatic N) is 1. The molecule has 2 aliphatic rings. The van der Waals surface area contributed by atoms with Crippen molar-refractivity contribution in [3.8, 4) is 0 Å². The number of hydrogen-bond donors (Lipinski definition) is 1. The van der Waals surface area contributed by atoms with Crippen molar-refractivity contribution in [3.05, 3.63) is 0 Å². The van der Waals surface area contributed by atoms with E-state index in [1.807, 2.05) is 25.7 Å². The van der Waals surface area contributed by atoms with Crippen molar-refractivity contribution in [2.75, 3.05) is 7.11 Å². The summed E-state index contributed by atoms with van der Waals surface area (Å²) >= 11 is 0. The average molecular weight is 296 g/mol. The number of carbonyl (C=O) groups excluding carboxylic acids is 2. The van der Waals surface area contributed by atoms with E-state index in [1.54, 1.807) is 7.11 Å². The first-order chi connectivity index (χ1) is 9.97. The summed E-state index contributed by atoms with van der Waals surface area (Å²) in [6, 6.07) is -0.263. The highest BCUT2D eigenvalue weighted by molar-refractivity contribution is 5.99. The molecule has 4 unspecified atom stereocenters. The van der Waals surface area contributed by atoms with Crippen LogP contribution in [0.5, 0.6) is 0 Å². The second-order valence-corrected chi connectivity index (χ2v) is 6.45. The summed E-state index contributed by atoms with van der Waals surface area (Å²) in [4.78, 5) is 27.3. The monoisotopic (exact) mass is 296 g/mol. The average Bonchev–Trinajstić information content (AvgIpc) is 2.51. The Bertz CT molecular complexity index is 412. The van der Waals surface area contributed by atoms with Gasteiger partial charge in [0.1, 0.15) is 11.6 Å². The number of carbonyl (C=O) groups is 2. The third-order valence-corrected chi connectivity index (χ3v) is 5.26. The van der Waals surface area contributed by atoms with Gasteiger partial charge in [-0.15, -0.1) is 0 Å². The first-order valence-corrected chi connectivity index (χ1v) is 8.14. The van der Waals surface area contributed by atoms with Crippen molar-refractivity contribution >= 4 is 11.8 Å². The van der Waals surface area contributed by atoms with E-state index in [0.29, 0.717) is 12.8 Å². The number of nitrogens with one attached hydrogen (secondary N) is 1. The Balaban J connectivity index is 2.30. The van der Waals surface area contributed by atoms with Gasteiger partial charge in [0.15, 0.2) is 0 Å². The Hall–Kier alpha value is -1.10. The Morgan fingerprint density at radius 2 is 2.05 bits per heavy atom. The molecular formula is C16H28N2O3. The molecule has 0 aromatic heterocycles. The van der Waals surface area contributed by atoms with E-state index in [1.165, 1.54) is 0 Å². The first kappa shape index (κ1) is 16.3. The second-order valence-electron chi connectivity index (χ2n) is 6.45. The van der Waals surface area contributed by atoms with Crippen LogP contribution in [0.3, 0.4) is 0 Å². The van der Waals surface area contributed by atoms with E-state index in [0.717, 1.165) is 25.7 Å². The first-order valence-electron chi connectivity index (χ1n) is 8.14. The molecule has 0 spiro atoms. The summed E-state index contributed by atoms with van der Waals surface area (Å²) in [6.45, 7) is 5.81. The zero-order valence-corrected chi connectivity index (χ0v) is 13.6. The van der Waals surface area contributed by atoms with Gasteiger partial charge in [0.25, 0.3) is 0 Å². The molecule has 0 aromatic carbocycles. The van der Waals surface area contributed by atoms with Crippen LogP contribution in [0.25, 0.3) is 0 Å². The topological polar surface area (TPSA) is 58.6 Å². The van der Waals surface area contributed by atoms with Gasteiger partial charge >= 0.3 is 0 Å². The number of amides is 2. The normalized spacial score (nSPS) is 37.5. The van der Waals surface area contributed by atoms with Crippen LogP contribution in [-0.2, 0) is 14.3 Å². The zero-order valence-electron chi connectivity index (χ0n) is 13.6. The predicted octanol–water partition coefficient (Wildman–Crippen LogP) is 1.85. The van der Waals surface area contributed by atoms with Gasteiger partial charge in [0.05, 0.1) is 6.10 Å². The Labute approximate surface area is 127 Å². The number of methoxy groups -OCH3 is 1. The molecule has 120 valence electrons. The second kappa shape index (κ2) is 6.34. The molecule has 2 fully saturated rings. The van der Waals surface area contributed by atoms with E-state index < -0.39 is 5.54 Å². The molecule has 1 N–H and O–H groups in total. The lowest BCUT2D eigenvalue weighted by Gasteiger charge is -2.51. The van der Waals surface area contributed by atoms with Gasteiger partial charge in [0.2, 0.25) is 11.8 Å². The summed E-state index contributed by atoms with van der Waals surface area (Å²) in [5, 5.41) is 2.89. The minimum Gasteiger partial charge on any atom is -0.381 e. The maximum atomic E-state index is 12.8. The van der Waals surface area contributed by atoms with Gasteiger partial charge in [-0.05, 0) is 45.4 Å². The minimum absolute atomic E-state index is 0.0176. The molecule has 0 aromatic rings. The summed E-state index contributed by atoms with van der Waals surface area (Å²) in [6.07, 6.45) is 5.36. The van der Waals surface area contributed by atoms with Crippen LogP contribution in [0.4, 0.5) is 0 Å². The van der Waals surface area contributed by atoms with Crippen molar-refractivity contribution < 1.29 is 14.3 Å². The highest BCUT2D eigenvalue weighted by atomic mass is 16.5. The van der Waals surface area contributed by atoms with Crippen molar-refractivity contribution in [2.24, 2.45) is 0 Å². The number of piperazine rings is 1. The Kier molecular flexibility index (Phi) is 4.91. The molecule has 21 heavy (non-hydrogen) atoms. The molecule has 5 heteroatoms.